The molecule has 0 unspecified atom stereocenters. The molecule has 0 radical (unpaired) electrons. The molecule has 0 saturated heterocycles. The van der Waals surface area contributed by atoms with Crippen LogP contribution in [-0.2, 0) is 16.1 Å². The number of ether oxygens (including phenoxy) is 2. The molecule has 2 aromatic heterocycles. The number of para-hydroxylation sites is 1. The molecule has 0 aliphatic heterocycles. The highest BCUT2D eigenvalue weighted by atomic mass is 32.2. The topological polar surface area (TPSA) is 95.3 Å². The fourth-order valence-corrected chi connectivity index (χ4v) is 5.70. The number of thioether (sulfide) groups is 1. The van der Waals surface area contributed by atoms with Crippen molar-refractivity contribution < 1.29 is 19.1 Å². The zero-order chi connectivity index (χ0) is 27.2. The van der Waals surface area contributed by atoms with Crippen molar-refractivity contribution in [1.82, 2.24) is 14.8 Å². The maximum atomic E-state index is 13.0. The van der Waals surface area contributed by atoms with Gasteiger partial charge in [0.2, 0.25) is 5.91 Å². The Labute approximate surface area is 229 Å². The molecule has 1 amide bonds. The molecule has 0 fully saturated rings. The Morgan fingerprint density at radius 2 is 1.89 bits per heavy atom. The van der Waals surface area contributed by atoms with Crippen molar-refractivity contribution in [1.29, 1.82) is 0 Å². The van der Waals surface area contributed by atoms with E-state index < -0.39 is 5.97 Å². The Kier molecular flexibility index (Phi) is 8.65. The lowest BCUT2D eigenvalue weighted by Gasteiger charge is -2.11. The Morgan fingerprint density at radius 1 is 1.11 bits per heavy atom. The van der Waals surface area contributed by atoms with Crippen LogP contribution in [0.15, 0.2) is 65.7 Å². The number of amides is 1. The van der Waals surface area contributed by atoms with Crippen LogP contribution in [0, 0.1) is 13.8 Å². The van der Waals surface area contributed by atoms with Crippen molar-refractivity contribution in [3.63, 3.8) is 0 Å². The highest BCUT2D eigenvalue weighted by molar-refractivity contribution is 7.99. The number of methoxy groups -OCH3 is 2. The molecule has 8 nitrogen and oxygen atoms in total. The van der Waals surface area contributed by atoms with Crippen LogP contribution in [0.4, 0.5) is 5.00 Å². The highest BCUT2D eigenvalue weighted by Crippen LogP contribution is 2.38. The van der Waals surface area contributed by atoms with Gasteiger partial charge in [-0.25, -0.2) is 4.79 Å². The van der Waals surface area contributed by atoms with Crippen molar-refractivity contribution in [3.8, 4) is 28.3 Å². The molecule has 0 aliphatic carbocycles. The lowest BCUT2D eigenvalue weighted by atomic mass is 9.97. The lowest BCUT2D eigenvalue weighted by molar-refractivity contribution is -0.113. The summed E-state index contributed by atoms with van der Waals surface area (Å²) in [5.41, 5.74) is 4.90. The van der Waals surface area contributed by atoms with E-state index in [1.165, 1.54) is 30.2 Å². The molecule has 10 heteroatoms. The predicted molar refractivity (Wildman–Crippen MR) is 152 cm³/mol. The number of aromatic nitrogens is 3. The summed E-state index contributed by atoms with van der Waals surface area (Å²) in [7, 11) is 2.94. The summed E-state index contributed by atoms with van der Waals surface area (Å²) < 4.78 is 12.4. The van der Waals surface area contributed by atoms with Crippen LogP contribution in [0.25, 0.3) is 22.5 Å². The summed E-state index contributed by atoms with van der Waals surface area (Å²) in [6.45, 7) is 8.28. The number of nitrogens with one attached hydrogen (secondary N) is 1. The summed E-state index contributed by atoms with van der Waals surface area (Å²) in [5, 5.41) is 14.4. The first-order valence-corrected chi connectivity index (χ1v) is 13.6. The number of rotatable bonds is 10. The second kappa shape index (κ2) is 12.1. The van der Waals surface area contributed by atoms with Crippen LogP contribution in [0.3, 0.4) is 0 Å². The molecular weight excluding hydrogens is 520 g/mol. The number of benzene rings is 2. The molecule has 2 aromatic carbocycles. The largest absolute Gasteiger partial charge is 0.496 e. The van der Waals surface area contributed by atoms with Gasteiger partial charge >= 0.3 is 5.97 Å². The van der Waals surface area contributed by atoms with Gasteiger partial charge < -0.3 is 14.8 Å². The molecule has 4 aromatic rings. The van der Waals surface area contributed by atoms with Gasteiger partial charge in [-0.15, -0.1) is 28.1 Å². The molecular formula is C28H28N4O4S2. The number of hydrogen-bond donors (Lipinski definition) is 1. The van der Waals surface area contributed by atoms with Crippen molar-refractivity contribution in [2.45, 2.75) is 25.5 Å². The number of nitrogens with zero attached hydrogens (tertiary/aromatic N) is 3. The minimum absolute atomic E-state index is 0.0680. The van der Waals surface area contributed by atoms with Crippen LogP contribution < -0.4 is 10.1 Å². The Hall–Kier alpha value is -3.89. The minimum atomic E-state index is -0.503. The van der Waals surface area contributed by atoms with Gasteiger partial charge in [-0.3, -0.25) is 9.36 Å². The standard InChI is InChI=1S/C28H28N4O4S2/c1-6-13-32-25(19-9-7-8-10-22(19)35-4)30-31-28(32)38-16-23(33)29-26-24(27(34)36-5)21(15-37-26)20-14-17(2)11-12-18(20)3/h6-12,14-15H,1,13,16H2,2-5H3,(H,29,33). The van der Waals surface area contributed by atoms with Crippen molar-refractivity contribution in [2.75, 3.05) is 25.3 Å². The summed E-state index contributed by atoms with van der Waals surface area (Å²) in [6.07, 6.45) is 1.75. The number of allylic oxidation sites excluding steroid dienone is 1. The van der Waals surface area contributed by atoms with E-state index in [0.717, 1.165) is 27.8 Å². The molecule has 0 spiro atoms. The molecule has 0 bridgehead atoms. The molecule has 1 N–H and O–H groups in total. The number of anilines is 1. The molecule has 4 rings (SSSR count). The maximum absolute atomic E-state index is 13.0. The van der Waals surface area contributed by atoms with Crippen molar-refractivity contribution >= 4 is 40.0 Å². The summed E-state index contributed by atoms with van der Waals surface area (Å²) >= 11 is 2.54. The fraction of sp³-hybridized carbons (Fsp3) is 0.214. The number of thiophene rings is 1. The summed E-state index contributed by atoms with van der Waals surface area (Å²) in [6, 6.07) is 13.6. The molecule has 0 aliphatic rings. The Balaban J connectivity index is 1.56. The Morgan fingerprint density at radius 3 is 2.63 bits per heavy atom. The number of esters is 1. The van der Waals surface area contributed by atoms with E-state index in [2.05, 4.69) is 22.1 Å². The van der Waals surface area contributed by atoms with Gasteiger partial charge in [0, 0.05) is 17.5 Å². The second-order valence-electron chi connectivity index (χ2n) is 8.41. The molecule has 0 atom stereocenters. The van der Waals surface area contributed by atoms with Crippen molar-refractivity contribution in [2.24, 2.45) is 0 Å². The van der Waals surface area contributed by atoms with Gasteiger partial charge in [0.25, 0.3) is 0 Å². The van der Waals surface area contributed by atoms with Gasteiger partial charge in [0.15, 0.2) is 11.0 Å². The van der Waals surface area contributed by atoms with Gasteiger partial charge in [-0.1, -0.05) is 53.7 Å². The zero-order valence-electron chi connectivity index (χ0n) is 21.6. The van der Waals surface area contributed by atoms with Crippen molar-refractivity contribution in [3.05, 3.63) is 77.2 Å². The smallest absolute Gasteiger partial charge is 0.341 e. The predicted octanol–water partition coefficient (Wildman–Crippen LogP) is 6.00. The van der Waals surface area contributed by atoms with Crippen LogP contribution in [-0.4, -0.2) is 46.6 Å². The lowest BCUT2D eigenvalue weighted by Crippen LogP contribution is -2.16. The zero-order valence-corrected chi connectivity index (χ0v) is 23.2. The van der Waals surface area contributed by atoms with Gasteiger partial charge in [-0.05, 0) is 37.1 Å². The first-order chi connectivity index (χ1) is 18.4. The van der Waals surface area contributed by atoms with Crippen LogP contribution >= 0.6 is 23.1 Å². The van der Waals surface area contributed by atoms with Crippen LogP contribution in [0.5, 0.6) is 5.75 Å². The van der Waals surface area contributed by atoms with Gasteiger partial charge in [0.1, 0.15) is 16.3 Å². The summed E-state index contributed by atoms with van der Waals surface area (Å²) in [4.78, 5) is 25.7. The number of carbonyl (C=O) groups is 2. The van der Waals surface area contributed by atoms with E-state index in [1.54, 1.807) is 13.2 Å². The average molecular weight is 549 g/mol. The Bertz CT molecular complexity index is 1490. The second-order valence-corrected chi connectivity index (χ2v) is 10.2. The monoisotopic (exact) mass is 548 g/mol. The minimum Gasteiger partial charge on any atom is -0.496 e. The summed E-state index contributed by atoms with van der Waals surface area (Å²) in [5.74, 6) is 0.582. The van der Waals surface area contributed by atoms with Gasteiger partial charge in [0.05, 0.1) is 25.5 Å². The highest BCUT2D eigenvalue weighted by Gasteiger charge is 2.24. The van der Waals surface area contributed by atoms with E-state index in [0.29, 0.717) is 33.8 Å². The fourth-order valence-electron chi connectivity index (χ4n) is 3.99. The molecule has 2 heterocycles. The van der Waals surface area contributed by atoms with Gasteiger partial charge in [-0.2, -0.15) is 0 Å². The quantitative estimate of drug-likeness (QED) is 0.147. The SMILES string of the molecule is C=CCn1c(SCC(=O)Nc2scc(-c3cc(C)ccc3C)c2C(=O)OC)nnc1-c1ccccc1OC. The third-order valence-corrected chi connectivity index (χ3v) is 7.69. The van der Waals surface area contributed by atoms with E-state index in [9.17, 15) is 9.59 Å². The third-order valence-electron chi connectivity index (χ3n) is 5.83. The van der Waals surface area contributed by atoms with Crippen LogP contribution in [0.2, 0.25) is 0 Å². The first-order valence-electron chi connectivity index (χ1n) is 11.8. The van der Waals surface area contributed by atoms with E-state index in [4.69, 9.17) is 9.47 Å². The first kappa shape index (κ1) is 27.2. The van der Waals surface area contributed by atoms with Crippen LogP contribution in [0.1, 0.15) is 21.5 Å². The molecule has 38 heavy (non-hydrogen) atoms. The normalized spacial score (nSPS) is 10.7. The average Bonchev–Trinajstić information content (AvgIpc) is 3.52. The van der Waals surface area contributed by atoms with E-state index >= 15 is 0 Å². The van der Waals surface area contributed by atoms with E-state index in [-0.39, 0.29) is 11.7 Å². The number of aryl methyl sites for hydroxylation is 2. The third kappa shape index (κ3) is 5.66. The molecule has 196 valence electrons. The number of carbonyl (C=O) groups excluding carboxylic acids is 2. The maximum Gasteiger partial charge on any atom is 0.341 e. The molecule has 0 saturated carbocycles. The van der Waals surface area contributed by atoms with E-state index in [1.807, 2.05) is 66.3 Å². The number of hydrogen-bond acceptors (Lipinski definition) is 8.